The van der Waals surface area contributed by atoms with Gasteiger partial charge in [0.25, 0.3) is 0 Å². The summed E-state index contributed by atoms with van der Waals surface area (Å²) in [7, 11) is 0. The third-order valence-corrected chi connectivity index (χ3v) is 5.81. The third kappa shape index (κ3) is 4.44. The summed E-state index contributed by atoms with van der Waals surface area (Å²) in [5, 5.41) is 2.88. The number of para-hydroxylation sites is 1. The fourth-order valence-corrected chi connectivity index (χ4v) is 4.33. The molecule has 2 aliphatic rings. The number of aromatic nitrogens is 1. The van der Waals surface area contributed by atoms with Crippen molar-refractivity contribution in [3.8, 4) is 0 Å². The lowest BCUT2D eigenvalue weighted by molar-refractivity contribution is -0.137. The van der Waals surface area contributed by atoms with Gasteiger partial charge in [0, 0.05) is 43.8 Å². The molecule has 0 bridgehead atoms. The number of carbonyl (C=O) groups is 1. The first-order valence-corrected chi connectivity index (χ1v) is 9.70. The standard InChI is InChI=1S/C22H22F3N3O/c23-22(24,25)19-5-1-2-6-20(19)28-13-17-16(18(17)14-28)9-11-27-21(29)8-7-15-4-3-10-26-12-15/h1-8,10,12,16-18H,9,11,13-14H2,(H,27,29)/b8-7+. The number of anilines is 1. The fraction of sp³-hybridized carbons (Fsp3) is 0.364. The van der Waals surface area contributed by atoms with Crippen LogP contribution in [-0.4, -0.2) is 30.5 Å². The minimum absolute atomic E-state index is 0.152. The van der Waals surface area contributed by atoms with Crippen LogP contribution in [-0.2, 0) is 11.0 Å². The van der Waals surface area contributed by atoms with E-state index in [2.05, 4.69) is 10.3 Å². The molecule has 1 saturated heterocycles. The summed E-state index contributed by atoms with van der Waals surface area (Å²) in [6, 6.07) is 9.45. The van der Waals surface area contributed by atoms with E-state index in [9.17, 15) is 18.0 Å². The summed E-state index contributed by atoms with van der Waals surface area (Å²) in [6.07, 6.45) is 3.07. The van der Waals surface area contributed by atoms with Crippen LogP contribution in [0.1, 0.15) is 17.5 Å². The largest absolute Gasteiger partial charge is 0.418 e. The van der Waals surface area contributed by atoms with Crippen LogP contribution in [0.15, 0.2) is 54.9 Å². The quantitative estimate of drug-likeness (QED) is 0.745. The van der Waals surface area contributed by atoms with E-state index >= 15 is 0 Å². The molecule has 2 aromatic rings. The topological polar surface area (TPSA) is 45.2 Å². The third-order valence-electron chi connectivity index (χ3n) is 5.81. The van der Waals surface area contributed by atoms with Crippen LogP contribution in [0.25, 0.3) is 6.08 Å². The van der Waals surface area contributed by atoms with Crippen molar-refractivity contribution in [3.63, 3.8) is 0 Å². The van der Waals surface area contributed by atoms with Gasteiger partial charge in [-0.2, -0.15) is 13.2 Å². The molecule has 152 valence electrons. The van der Waals surface area contributed by atoms with Crippen molar-refractivity contribution in [2.24, 2.45) is 17.8 Å². The molecule has 1 aromatic heterocycles. The number of rotatable bonds is 6. The Hall–Kier alpha value is -2.83. The Morgan fingerprint density at radius 2 is 1.93 bits per heavy atom. The summed E-state index contributed by atoms with van der Waals surface area (Å²) < 4.78 is 39.7. The van der Waals surface area contributed by atoms with Crippen molar-refractivity contribution in [2.45, 2.75) is 12.6 Å². The summed E-state index contributed by atoms with van der Waals surface area (Å²) >= 11 is 0. The molecule has 2 atom stereocenters. The van der Waals surface area contributed by atoms with Crippen LogP contribution < -0.4 is 10.2 Å². The highest BCUT2D eigenvalue weighted by Gasteiger charge is 2.55. The summed E-state index contributed by atoms with van der Waals surface area (Å²) in [4.78, 5) is 17.7. The van der Waals surface area contributed by atoms with E-state index in [-0.39, 0.29) is 11.6 Å². The number of benzene rings is 1. The van der Waals surface area contributed by atoms with Crippen molar-refractivity contribution in [1.82, 2.24) is 10.3 Å². The van der Waals surface area contributed by atoms with Crippen molar-refractivity contribution in [1.29, 1.82) is 0 Å². The lowest BCUT2D eigenvalue weighted by Gasteiger charge is -2.25. The highest BCUT2D eigenvalue weighted by Crippen LogP contribution is 2.55. The van der Waals surface area contributed by atoms with E-state index in [4.69, 9.17) is 0 Å². The maximum Gasteiger partial charge on any atom is 0.418 e. The smallest absolute Gasteiger partial charge is 0.370 e. The second kappa shape index (κ2) is 7.89. The number of alkyl halides is 3. The van der Waals surface area contributed by atoms with Gasteiger partial charge in [0.15, 0.2) is 0 Å². The second-order valence-corrected chi connectivity index (χ2v) is 7.61. The van der Waals surface area contributed by atoms with Crippen LogP contribution in [0.2, 0.25) is 0 Å². The van der Waals surface area contributed by atoms with Crippen LogP contribution >= 0.6 is 0 Å². The monoisotopic (exact) mass is 401 g/mol. The number of nitrogens with one attached hydrogen (secondary N) is 1. The highest BCUT2D eigenvalue weighted by atomic mass is 19.4. The minimum atomic E-state index is -4.34. The normalized spacial score (nSPS) is 23.3. The Kier molecular flexibility index (Phi) is 5.30. The number of hydrogen-bond donors (Lipinski definition) is 1. The zero-order chi connectivity index (χ0) is 20.4. The number of carbonyl (C=O) groups excluding carboxylic acids is 1. The first kappa shape index (κ1) is 19.5. The Morgan fingerprint density at radius 3 is 2.62 bits per heavy atom. The van der Waals surface area contributed by atoms with Gasteiger partial charge in [0.1, 0.15) is 0 Å². The number of nitrogens with zero attached hydrogens (tertiary/aromatic N) is 2. The number of pyridine rings is 1. The molecule has 1 N–H and O–H groups in total. The summed E-state index contributed by atoms with van der Waals surface area (Å²) in [5.41, 5.74) is 0.573. The van der Waals surface area contributed by atoms with Crippen LogP contribution in [0.5, 0.6) is 0 Å². The second-order valence-electron chi connectivity index (χ2n) is 7.61. The summed E-state index contributed by atoms with van der Waals surface area (Å²) in [6.45, 7) is 1.88. The van der Waals surface area contributed by atoms with Gasteiger partial charge in [0.2, 0.25) is 5.91 Å². The number of piperidine rings is 1. The SMILES string of the molecule is O=C(/C=C/c1cccnc1)NCCC1C2CN(c3ccccc3C(F)(F)F)CC12. The Balaban J connectivity index is 1.23. The molecule has 4 nitrogen and oxygen atoms in total. The fourth-order valence-electron chi connectivity index (χ4n) is 4.33. The molecule has 0 spiro atoms. The Morgan fingerprint density at radius 1 is 1.17 bits per heavy atom. The molecule has 1 saturated carbocycles. The van der Waals surface area contributed by atoms with Gasteiger partial charge in [-0.15, -0.1) is 0 Å². The minimum Gasteiger partial charge on any atom is -0.370 e. The Bertz CT molecular complexity index is 886. The highest BCUT2D eigenvalue weighted by molar-refractivity contribution is 5.91. The number of hydrogen-bond acceptors (Lipinski definition) is 3. The van der Waals surface area contributed by atoms with E-state index < -0.39 is 11.7 Å². The molecule has 2 heterocycles. The maximum atomic E-state index is 13.2. The summed E-state index contributed by atoms with van der Waals surface area (Å²) in [5.74, 6) is 1.16. The Labute approximate surface area is 167 Å². The molecule has 1 aliphatic carbocycles. The first-order chi connectivity index (χ1) is 13.9. The molecule has 1 aromatic carbocycles. The van der Waals surface area contributed by atoms with Gasteiger partial charge in [-0.1, -0.05) is 18.2 Å². The molecule has 4 rings (SSSR count). The molecule has 29 heavy (non-hydrogen) atoms. The molecule has 1 aliphatic heterocycles. The van der Waals surface area contributed by atoms with Crippen molar-refractivity contribution >= 4 is 17.7 Å². The van der Waals surface area contributed by atoms with Gasteiger partial charge in [-0.05, 0) is 54.0 Å². The first-order valence-electron chi connectivity index (χ1n) is 9.70. The molecular formula is C22H22F3N3O. The predicted molar refractivity (Wildman–Crippen MR) is 105 cm³/mol. The van der Waals surface area contributed by atoms with Crippen LogP contribution in [0, 0.1) is 17.8 Å². The van der Waals surface area contributed by atoms with E-state index in [1.807, 2.05) is 11.0 Å². The molecule has 2 fully saturated rings. The molecule has 7 heteroatoms. The number of fused-ring (bicyclic) bond motifs is 1. The number of amides is 1. The molecule has 2 unspecified atom stereocenters. The number of halogens is 3. The van der Waals surface area contributed by atoms with Crippen molar-refractivity contribution in [2.75, 3.05) is 24.5 Å². The zero-order valence-electron chi connectivity index (χ0n) is 15.8. The zero-order valence-corrected chi connectivity index (χ0v) is 15.8. The van der Waals surface area contributed by atoms with E-state index in [1.165, 1.54) is 12.1 Å². The van der Waals surface area contributed by atoms with Crippen molar-refractivity contribution < 1.29 is 18.0 Å². The van der Waals surface area contributed by atoms with E-state index in [0.717, 1.165) is 18.1 Å². The predicted octanol–water partition coefficient (Wildman–Crippen LogP) is 4.00. The van der Waals surface area contributed by atoms with E-state index in [1.54, 1.807) is 36.7 Å². The van der Waals surface area contributed by atoms with Gasteiger partial charge in [0.05, 0.1) is 5.56 Å². The average molecular weight is 401 g/mol. The van der Waals surface area contributed by atoms with Gasteiger partial charge in [-0.3, -0.25) is 9.78 Å². The van der Waals surface area contributed by atoms with E-state index in [0.29, 0.717) is 37.4 Å². The van der Waals surface area contributed by atoms with Crippen LogP contribution in [0.4, 0.5) is 18.9 Å². The molecule has 0 radical (unpaired) electrons. The van der Waals surface area contributed by atoms with Gasteiger partial charge in [-0.25, -0.2) is 0 Å². The molecule has 1 amide bonds. The lowest BCUT2D eigenvalue weighted by atomic mass is 10.1. The lowest BCUT2D eigenvalue weighted by Crippen LogP contribution is -2.28. The van der Waals surface area contributed by atoms with Gasteiger partial charge < -0.3 is 10.2 Å². The average Bonchev–Trinajstić information content (AvgIpc) is 3.15. The van der Waals surface area contributed by atoms with Crippen LogP contribution in [0.3, 0.4) is 0 Å². The molecular weight excluding hydrogens is 379 g/mol. The maximum absolute atomic E-state index is 13.2. The van der Waals surface area contributed by atoms with Crippen molar-refractivity contribution in [3.05, 3.63) is 66.0 Å². The van der Waals surface area contributed by atoms with Gasteiger partial charge >= 0.3 is 6.18 Å².